The van der Waals surface area contributed by atoms with Crippen molar-refractivity contribution in [2.45, 2.75) is 19.9 Å². The lowest BCUT2D eigenvalue weighted by Gasteiger charge is -2.22. The maximum absolute atomic E-state index is 13.0. The Labute approximate surface area is 152 Å². The van der Waals surface area contributed by atoms with Crippen molar-refractivity contribution >= 4 is 17.3 Å². The Kier molecular flexibility index (Phi) is 5.11. The van der Waals surface area contributed by atoms with E-state index < -0.39 is 5.92 Å². The molecular formula is C20H23N3O3. The zero-order valence-corrected chi connectivity index (χ0v) is 15.1. The predicted octanol–water partition coefficient (Wildman–Crippen LogP) is 3.31. The van der Waals surface area contributed by atoms with Crippen LogP contribution in [0.1, 0.15) is 25.5 Å². The Morgan fingerprint density at radius 2 is 1.96 bits per heavy atom. The molecule has 0 aromatic heterocycles. The Morgan fingerprint density at radius 1 is 1.23 bits per heavy atom. The number of hydrazone groups is 1. The summed E-state index contributed by atoms with van der Waals surface area (Å²) >= 11 is 0. The van der Waals surface area contributed by atoms with Gasteiger partial charge in [0.1, 0.15) is 5.92 Å². The summed E-state index contributed by atoms with van der Waals surface area (Å²) in [6.07, 6.45) is 0. The summed E-state index contributed by atoms with van der Waals surface area (Å²) in [6, 6.07) is 14.1. The average molecular weight is 353 g/mol. The number of para-hydroxylation sites is 1. The Morgan fingerprint density at radius 3 is 2.62 bits per heavy atom. The fraction of sp³-hybridized carbons (Fsp3) is 0.300. The molecule has 2 unspecified atom stereocenters. The highest BCUT2D eigenvalue weighted by Crippen LogP contribution is 2.36. The van der Waals surface area contributed by atoms with Gasteiger partial charge in [0.15, 0.2) is 11.5 Å². The quantitative estimate of drug-likeness (QED) is 0.770. The number of nitrogens with one attached hydrogen (secondary N) is 2. The highest BCUT2D eigenvalue weighted by molar-refractivity contribution is 6.11. The second kappa shape index (κ2) is 7.47. The van der Waals surface area contributed by atoms with Crippen LogP contribution < -0.4 is 15.5 Å². The van der Waals surface area contributed by atoms with Crippen molar-refractivity contribution in [3.05, 3.63) is 54.1 Å². The maximum atomic E-state index is 13.0. The van der Waals surface area contributed by atoms with Crippen LogP contribution in [0.5, 0.6) is 11.5 Å². The Balaban J connectivity index is 1.91. The first-order valence-electron chi connectivity index (χ1n) is 8.57. The van der Waals surface area contributed by atoms with E-state index in [4.69, 9.17) is 4.74 Å². The maximum Gasteiger partial charge on any atom is 0.235 e. The number of benzene rings is 2. The van der Waals surface area contributed by atoms with Crippen LogP contribution in [0.3, 0.4) is 0 Å². The van der Waals surface area contributed by atoms with E-state index in [1.165, 1.54) is 7.11 Å². The van der Waals surface area contributed by atoms with Crippen molar-refractivity contribution < 1.29 is 14.6 Å². The van der Waals surface area contributed by atoms with Gasteiger partial charge in [-0.1, -0.05) is 38.1 Å². The molecule has 1 aliphatic rings. The van der Waals surface area contributed by atoms with Crippen LogP contribution in [0.25, 0.3) is 0 Å². The monoisotopic (exact) mass is 353 g/mol. The number of methoxy groups -OCH3 is 1. The third-order valence-electron chi connectivity index (χ3n) is 4.46. The van der Waals surface area contributed by atoms with E-state index in [0.29, 0.717) is 5.75 Å². The molecule has 0 saturated carbocycles. The highest BCUT2D eigenvalue weighted by Gasteiger charge is 2.39. The van der Waals surface area contributed by atoms with Gasteiger partial charge in [0.05, 0.1) is 18.9 Å². The molecule has 0 aliphatic carbocycles. The summed E-state index contributed by atoms with van der Waals surface area (Å²) in [5, 5.41) is 17.2. The lowest BCUT2D eigenvalue weighted by Crippen LogP contribution is -2.35. The number of aromatic hydroxyl groups is 1. The van der Waals surface area contributed by atoms with Crippen molar-refractivity contribution in [3.63, 3.8) is 0 Å². The highest BCUT2D eigenvalue weighted by atomic mass is 16.5. The van der Waals surface area contributed by atoms with Gasteiger partial charge in [0, 0.05) is 5.69 Å². The third kappa shape index (κ3) is 3.49. The predicted molar refractivity (Wildman–Crippen MR) is 101 cm³/mol. The molecule has 2 aromatic carbocycles. The number of carbonyl (C=O) groups is 1. The van der Waals surface area contributed by atoms with Crippen LogP contribution in [0.4, 0.5) is 5.69 Å². The fourth-order valence-electron chi connectivity index (χ4n) is 3.13. The van der Waals surface area contributed by atoms with Gasteiger partial charge >= 0.3 is 0 Å². The molecule has 6 heteroatoms. The molecular weight excluding hydrogens is 330 g/mol. The molecule has 2 atom stereocenters. The van der Waals surface area contributed by atoms with E-state index in [2.05, 4.69) is 15.8 Å². The number of hydrogen-bond acceptors (Lipinski definition) is 5. The second-order valence-electron chi connectivity index (χ2n) is 6.56. The van der Waals surface area contributed by atoms with Gasteiger partial charge in [-0.25, -0.2) is 0 Å². The second-order valence-corrected chi connectivity index (χ2v) is 6.56. The standard InChI is InChI=1S/C20H23N3O3/c1-12(2)18-17(20(25)21-14-7-5-4-6-8-14)19(23-22-18)13-9-10-15(24)16(11-13)26-3/h4-12,17,19,23-24H,1-3H3,(H,21,25). The first kappa shape index (κ1) is 17.8. The molecule has 0 bridgehead atoms. The molecule has 26 heavy (non-hydrogen) atoms. The molecule has 1 aliphatic heterocycles. The van der Waals surface area contributed by atoms with Crippen molar-refractivity contribution in [2.75, 3.05) is 12.4 Å². The molecule has 3 rings (SSSR count). The van der Waals surface area contributed by atoms with Crippen molar-refractivity contribution in [2.24, 2.45) is 16.9 Å². The first-order chi connectivity index (χ1) is 12.5. The van der Waals surface area contributed by atoms with E-state index in [1.807, 2.05) is 44.2 Å². The van der Waals surface area contributed by atoms with Gasteiger partial charge in [-0.2, -0.15) is 5.10 Å². The van der Waals surface area contributed by atoms with Gasteiger partial charge < -0.3 is 20.6 Å². The van der Waals surface area contributed by atoms with Gasteiger partial charge in [0.25, 0.3) is 0 Å². The van der Waals surface area contributed by atoms with Crippen molar-refractivity contribution in [1.29, 1.82) is 0 Å². The number of phenols is 1. The number of amides is 1. The van der Waals surface area contributed by atoms with Gasteiger partial charge in [0.2, 0.25) is 5.91 Å². The Hall–Kier alpha value is -3.02. The number of ether oxygens (including phenoxy) is 1. The minimum absolute atomic E-state index is 0.0598. The summed E-state index contributed by atoms with van der Waals surface area (Å²) in [7, 11) is 1.50. The topological polar surface area (TPSA) is 83.0 Å². The van der Waals surface area contributed by atoms with Gasteiger partial charge in [-0.05, 0) is 35.7 Å². The lowest BCUT2D eigenvalue weighted by atomic mass is 9.85. The van der Waals surface area contributed by atoms with Gasteiger partial charge in [-0.3, -0.25) is 4.79 Å². The molecule has 3 N–H and O–H groups in total. The Bertz CT molecular complexity index is 818. The van der Waals surface area contributed by atoms with Crippen molar-refractivity contribution in [3.8, 4) is 11.5 Å². The first-order valence-corrected chi connectivity index (χ1v) is 8.57. The summed E-state index contributed by atoms with van der Waals surface area (Å²) in [5.74, 6) is -0.0257. The molecule has 136 valence electrons. The van der Waals surface area contributed by atoms with Crippen LogP contribution >= 0.6 is 0 Å². The van der Waals surface area contributed by atoms with Crippen LogP contribution in [0.15, 0.2) is 53.6 Å². The molecule has 0 fully saturated rings. The molecule has 1 heterocycles. The van der Waals surface area contributed by atoms with E-state index in [1.54, 1.807) is 18.2 Å². The zero-order valence-electron chi connectivity index (χ0n) is 15.1. The van der Waals surface area contributed by atoms with Crippen molar-refractivity contribution in [1.82, 2.24) is 5.43 Å². The minimum Gasteiger partial charge on any atom is -0.504 e. The molecule has 0 spiro atoms. The van der Waals surface area contributed by atoms with E-state index >= 15 is 0 Å². The normalized spacial score (nSPS) is 19.0. The van der Waals surface area contributed by atoms with E-state index in [-0.39, 0.29) is 23.6 Å². The SMILES string of the molecule is COc1cc(C2NN=C(C(C)C)C2C(=O)Nc2ccccc2)ccc1O. The van der Waals surface area contributed by atoms with E-state index in [0.717, 1.165) is 17.0 Å². The largest absolute Gasteiger partial charge is 0.504 e. The zero-order chi connectivity index (χ0) is 18.7. The van der Waals surface area contributed by atoms with Gasteiger partial charge in [-0.15, -0.1) is 0 Å². The number of rotatable bonds is 5. The minimum atomic E-state index is -0.454. The third-order valence-corrected chi connectivity index (χ3v) is 4.46. The number of carbonyl (C=O) groups excluding carboxylic acids is 1. The molecule has 1 amide bonds. The molecule has 0 saturated heterocycles. The van der Waals surface area contributed by atoms with Crippen LogP contribution in [-0.4, -0.2) is 23.8 Å². The van der Waals surface area contributed by atoms with E-state index in [9.17, 15) is 9.90 Å². The summed E-state index contributed by atoms with van der Waals surface area (Å²) in [4.78, 5) is 13.0. The molecule has 0 radical (unpaired) electrons. The fourth-order valence-corrected chi connectivity index (χ4v) is 3.13. The smallest absolute Gasteiger partial charge is 0.235 e. The summed E-state index contributed by atoms with van der Waals surface area (Å²) in [5.41, 5.74) is 5.45. The number of hydrogen-bond donors (Lipinski definition) is 3. The van der Waals surface area contributed by atoms with Crippen LogP contribution in [-0.2, 0) is 4.79 Å². The summed E-state index contributed by atoms with van der Waals surface area (Å²) < 4.78 is 5.20. The average Bonchev–Trinajstić information content (AvgIpc) is 3.08. The molecule has 6 nitrogen and oxygen atoms in total. The number of anilines is 1. The van der Waals surface area contributed by atoms with Crippen LogP contribution in [0.2, 0.25) is 0 Å². The number of nitrogens with zero attached hydrogens (tertiary/aromatic N) is 1. The number of phenolic OH excluding ortho intramolecular Hbond substituents is 1. The molecule has 2 aromatic rings. The lowest BCUT2D eigenvalue weighted by molar-refractivity contribution is -0.118. The summed E-state index contributed by atoms with van der Waals surface area (Å²) in [6.45, 7) is 4.03. The van der Waals surface area contributed by atoms with Crippen LogP contribution in [0, 0.1) is 11.8 Å².